The van der Waals surface area contributed by atoms with Crippen molar-refractivity contribution in [2.45, 2.75) is 32.8 Å². The Morgan fingerprint density at radius 2 is 2.24 bits per heavy atom. The number of ether oxygens (including phenoxy) is 1. The molecule has 0 saturated heterocycles. The fourth-order valence-electron chi connectivity index (χ4n) is 0.912. The molecule has 0 fully saturated rings. The lowest BCUT2D eigenvalue weighted by molar-refractivity contribution is -0.130. The maximum absolute atomic E-state index is 11.4. The van der Waals surface area contributed by atoms with Crippen molar-refractivity contribution in [1.29, 1.82) is 0 Å². The SMILES string of the molecule is C=CCCN(N)C(=O)CNC(=O)OC(C)CC. The number of nitrogens with one attached hydrogen (secondary N) is 1. The molecule has 0 aromatic carbocycles. The second kappa shape index (κ2) is 8.58. The maximum atomic E-state index is 11.4. The Bertz CT molecular complexity index is 269. The number of carbonyl (C=O) groups is 2. The van der Waals surface area contributed by atoms with Gasteiger partial charge in [0, 0.05) is 6.54 Å². The first-order valence-electron chi connectivity index (χ1n) is 5.61. The molecule has 6 nitrogen and oxygen atoms in total. The predicted octanol–water partition coefficient (Wildman–Crippen LogP) is 0.789. The standard InChI is InChI=1S/C11H21N3O3/c1-4-6-7-14(12)10(15)8-13-11(16)17-9(3)5-2/h4,9H,1,5-8,12H2,2-3H3,(H,13,16). The van der Waals surface area contributed by atoms with Gasteiger partial charge in [0.15, 0.2) is 0 Å². The quantitative estimate of drug-likeness (QED) is 0.299. The topological polar surface area (TPSA) is 84.7 Å². The lowest BCUT2D eigenvalue weighted by Gasteiger charge is -2.16. The van der Waals surface area contributed by atoms with Crippen LogP contribution in [0.5, 0.6) is 0 Å². The van der Waals surface area contributed by atoms with E-state index in [0.29, 0.717) is 13.0 Å². The van der Waals surface area contributed by atoms with Crippen LogP contribution in [0.4, 0.5) is 4.79 Å². The van der Waals surface area contributed by atoms with E-state index in [4.69, 9.17) is 10.6 Å². The Balaban J connectivity index is 3.82. The molecular weight excluding hydrogens is 222 g/mol. The van der Waals surface area contributed by atoms with Crippen LogP contribution in [0, 0.1) is 0 Å². The van der Waals surface area contributed by atoms with Crippen molar-refractivity contribution in [3.63, 3.8) is 0 Å². The fraction of sp³-hybridized carbons (Fsp3) is 0.636. The second-order valence-electron chi connectivity index (χ2n) is 3.64. The van der Waals surface area contributed by atoms with E-state index in [9.17, 15) is 9.59 Å². The van der Waals surface area contributed by atoms with Crippen LogP contribution < -0.4 is 11.2 Å². The Labute approximate surface area is 102 Å². The zero-order valence-corrected chi connectivity index (χ0v) is 10.4. The summed E-state index contributed by atoms with van der Waals surface area (Å²) in [6.07, 6.45) is 2.23. The summed E-state index contributed by atoms with van der Waals surface area (Å²) in [4.78, 5) is 22.6. The monoisotopic (exact) mass is 243 g/mol. The summed E-state index contributed by atoms with van der Waals surface area (Å²) in [7, 11) is 0. The lowest BCUT2D eigenvalue weighted by atomic mass is 10.3. The minimum Gasteiger partial charge on any atom is -0.447 e. The minimum atomic E-state index is -0.607. The zero-order valence-electron chi connectivity index (χ0n) is 10.4. The van der Waals surface area contributed by atoms with E-state index in [2.05, 4.69) is 11.9 Å². The molecule has 0 saturated carbocycles. The van der Waals surface area contributed by atoms with Crippen LogP contribution in [0.1, 0.15) is 26.7 Å². The van der Waals surface area contributed by atoms with Crippen molar-refractivity contribution in [3.05, 3.63) is 12.7 Å². The fourth-order valence-corrected chi connectivity index (χ4v) is 0.912. The molecule has 0 aromatic heterocycles. The Hall–Kier alpha value is -1.56. The molecule has 0 radical (unpaired) electrons. The zero-order chi connectivity index (χ0) is 13.3. The van der Waals surface area contributed by atoms with Gasteiger partial charge in [-0.05, 0) is 19.8 Å². The van der Waals surface area contributed by atoms with Crippen LogP contribution in [-0.4, -0.2) is 36.2 Å². The number of alkyl carbamates (subject to hydrolysis) is 1. The van der Waals surface area contributed by atoms with E-state index in [-0.39, 0.29) is 18.6 Å². The van der Waals surface area contributed by atoms with Gasteiger partial charge >= 0.3 is 6.09 Å². The summed E-state index contributed by atoms with van der Waals surface area (Å²) in [6.45, 7) is 7.42. The van der Waals surface area contributed by atoms with Gasteiger partial charge < -0.3 is 10.1 Å². The molecule has 98 valence electrons. The normalized spacial score (nSPS) is 11.5. The number of nitrogens with two attached hydrogens (primary N) is 1. The molecule has 0 rings (SSSR count). The van der Waals surface area contributed by atoms with Crippen LogP contribution in [0.15, 0.2) is 12.7 Å². The minimum absolute atomic E-state index is 0.164. The van der Waals surface area contributed by atoms with Crippen LogP contribution in [0.3, 0.4) is 0 Å². The number of nitrogens with zero attached hydrogens (tertiary/aromatic N) is 1. The summed E-state index contributed by atoms with van der Waals surface area (Å²) in [6, 6.07) is 0. The van der Waals surface area contributed by atoms with Crippen molar-refractivity contribution in [1.82, 2.24) is 10.3 Å². The first-order valence-corrected chi connectivity index (χ1v) is 5.61. The van der Waals surface area contributed by atoms with Crippen molar-refractivity contribution >= 4 is 12.0 Å². The van der Waals surface area contributed by atoms with Gasteiger partial charge in [-0.1, -0.05) is 13.0 Å². The summed E-state index contributed by atoms with van der Waals surface area (Å²) in [5, 5.41) is 3.39. The van der Waals surface area contributed by atoms with Crippen molar-refractivity contribution < 1.29 is 14.3 Å². The molecular formula is C11H21N3O3. The number of hydrogen-bond donors (Lipinski definition) is 2. The van der Waals surface area contributed by atoms with Gasteiger partial charge in [-0.2, -0.15) is 0 Å². The molecule has 0 spiro atoms. The number of hydrogen-bond acceptors (Lipinski definition) is 4. The first kappa shape index (κ1) is 15.4. The number of amides is 2. The average Bonchev–Trinajstić information content (AvgIpc) is 2.32. The van der Waals surface area contributed by atoms with Gasteiger partial charge in [0.25, 0.3) is 5.91 Å². The number of rotatable bonds is 7. The Morgan fingerprint density at radius 3 is 2.76 bits per heavy atom. The molecule has 0 aliphatic rings. The van der Waals surface area contributed by atoms with Crippen molar-refractivity contribution in [2.24, 2.45) is 5.84 Å². The molecule has 3 N–H and O–H groups in total. The van der Waals surface area contributed by atoms with Crippen LogP contribution in [0.2, 0.25) is 0 Å². The van der Waals surface area contributed by atoms with Gasteiger partial charge in [-0.25, -0.2) is 10.6 Å². The molecule has 6 heteroatoms. The van der Waals surface area contributed by atoms with Crippen LogP contribution >= 0.6 is 0 Å². The van der Waals surface area contributed by atoms with E-state index in [1.54, 1.807) is 13.0 Å². The summed E-state index contributed by atoms with van der Waals surface area (Å²) in [5.41, 5.74) is 0. The summed E-state index contributed by atoms with van der Waals surface area (Å²) < 4.78 is 4.93. The van der Waals surface area contributed by atoms with Gasteiger partial charge in [-0.3, -0.25) is 9.80 Å². The highest BCUT2D eigenvalue weighted by molar-refractivity contribution is 5.81. The highest BCUT2D eigenvalue weighted by Crippen LogP contribution is 1.95. The number of hydrazine groups is 1. The molecule has 2 amide bonds. The Morgan fingerprint density at radius 1 is 1.59 bits per heavy atom. The van der Waals surface area contributed by atoms with E-state index in [1.807, 2.05) is 6.92 Å². The highest BCUT2D eigenvalue weighted by atomic mass is 16.6. The molecule has 0 bridgehead atoms. The van der Waals surface area contributed by atoms with E-state index in [0.717, 1.165) is 11.4 Å². The van der Waals surface area contributed by atoms with E-state index >= 15 is 0 Å². The number of carbonyl (C=O) groups excluding carboxylic acids is 2. The maximum Gasteiger partial charge on any atom is 0.407 e. The van der Waals surface area contributed by atoms with Gasteiger partial charge in [0.05, 0.1) is 0 Å². The van der Waals surface area contributed by atoms with Crippen LogP contribution in [-0.2, 0) is 9.53 Å². The molecule has 17 heavy (non-hydrogen) atoms. The van der Waals surface area contributed by atoms with Gasteiger partial charge in [0.1, 0.15) is 12.6 Å². The smallest absolute Gasteiger partial charge is 0.407 e. The summed E-state index contributed by atoms with van der Waals surface area (Å²) >= 11 is 0. The van der Waals surface area contributed by atoms with E-state index in [1.165, 1.54) is 0 Å². The van der Waals surface area contributed by atoms with Crippen molar-refractivity contribution in [3.8, 4) is 0 Å². The van der Waals surface area contributed by atoms with Crippen molar-refractivity contribution in [2.75, 3.05) is 13.1 Å². The summed E-state index contributed by atoms with van der Waals surface area (Å²) in [5.74, 6) is 5.09. The molecule has 1 atom stereocenters. The third kappa shape index (κ3) is 7.35. The largest absolute Gasteiger partial charge is 0.447 e. The third-order valence-corrected chi connectivity index (χ3v) is 2.16. The third-order valence-electron chi connectivity index (χ3n) is 2.16. The van der Waals surface area contributed by atoms with Gasteiger partial charge in [0.2, 0.25) is 0 Å². The van der Waals surface area contributed by atoms with Gasteiger partial charge in [-0.15, -0.1) is 6.58 Å². The Kier molecular flexibility index (Phi) is 7.79. The molecule has 1 unspecified atom stereocenters. The molecule has 0 aromatic rings. The first-order chi connectivity index (χ1) is 8.01. The van der Waals surface area contributed by atoms with E-state index < -0.39 is 6.09 Å². The highest BCUT2D eigenvalue weighted by Gasteiger charge is 2.12. The molecule has 0 aliphatic heterocycles. The predicted molar refractivity (Wildman–Crippen MR) is 65.0 cm³/mol. The average molecular weight is 243 g/mol. The molecule has 0 heterocycles. The molecule has 0 aliphatic carbocycles. The van der Waals surface area contributed by atoms with Crippen LogP contribution in [0.25, 0.3) is 0 Å². The lowest BCUT2D eigenvalue weighted by Crippen LogP contribution is -2.44. The second-order valence-corrected chi connectivity index (χ2v) is 3.64.